The van der Waals surface area contributed by atoms with Gasteiger partial charge in [-0.1, -0.05) is 66.2 Å². The Morgan fingerprint density at radius 2 is 1.77 bits per heavy atom. The fourth-order valence-electron chi connectivity index (χ4n) is 3.01. The summed E-state index contributed by atoms with van der Waals surface area (Å²) < 4.78 is 0. The average molecular weight is 310 g/mol. The van der Waals surface area contributed by atoms with Crippen molar-refractivity contribution in [3.63, 3.8) is 0 Å². The molecule has 2 aromatic rings. The molecule has 1 nitrogen and oxygen atoms in total. The minimum atomic E-state index is 0.358. The Bertz CT molecular complexity index is 670. The van der Waals surface area contributed by atoms with Crippen LogP contribution in [-0.4, -0.2) is 6.54 Å². The first-order valence-corrected chi connectivity index (χ1v) is 7.95. The summed E-state index contributed by atoms with van der Waals surface area (Å²) in [6.45, 7) is 6.92. The second-order valence-electron chi connectivity index (χ2n) is 5.77. The lowest BCUT2D eigenvalue weighted by Gasteiger charge is -2.49. The zero-order chi connectivity index (χ0) is 15.5. The molecule has 0 N–H and O–H groups in total. The van der Waals surface area contributed by atoms with Crippen molar-refractivity contribution < 1.29 is 0 Å². The van der Waals surface area contributed by atoms with Crippen molar-refractivity contribution in [2.24, 2.45) is 5.92 Å². The molecule has 1 heterocycles. The first kappa shape index (κ1) is 14.9. The van der Waals surface area contributed by atoms with E-state index in [0.717, 1.165) is 11.6 Å². The molecule has 0 unspecified atom stereocenters. The summed E-state index contributed by atoms with van der Waals surface area (Å²) in [7, 11) is 0. The SMILES string of the molecule is C=C/C=C/[C@@H]1CN(c2ccc(C)cc2)[C@H]1c1ccc(Cl)cc1. The summed E-state index contributed by atoms with van der Waals surface area (Å²) in [4.78, 5) is 2.45. The third-order valence-electron chi connectivity index (χ3n) is 4.22. The van der Waals surface area contributed by atoms with Crippen LogP contribution in [0.4, 0.5) is 5.69 Å². The van der Waals surface area contributed by atoms with Crippen molar-refractivity contribution >= 4 is 17.3 Å². The molecule has 0 saturated carbocycles. The van der Waals surface area contributed by atoms with E-state index < -0.39 is 0 Å². The summed E-state index contributed by atoms with van der Waals surface area (Å²) in [5.74, 6) is 0.500. The van der Waals surface area contributed by atoms with Crippen LogP contribution in [0.15, 0.2) is 73.3 Å². The van der Waals surface area contributed by atoms with E-state index in [0.29, 0.717) is 12.0 Å². The highest BCUT2D eigenvalue weighted by atomic mass is 35.5. The van der Waals surface area contributed by atoms with Gasteiger partial charge in [-0.2, -0.15) is 0 Å². The molecule has 1 aliphatic heterocycles. The van der Waals surface area contributed by atoms with Crippen molar-refractivity contribution in [3.8, 4) is 0 Å². The number of hydrogen-bond acceptors (Lipinski definition) is 1. The summed E-state index contributed by atoms with van der Waals surface area (Å²) >= 11 is 6.03. The molecular weight excluding hydrogens is 290 g/mol. The first-order chi connectivity index (χ1) is 10.7. The van der Waals surface area contributed by atoms with Crippen molar-refractivity contribution in [2.75, 3.05) is 11.4 Å². The number of benzene rings is 2. The third-order valence-corrected chi connectivity index (χ3v) is 4.47. The second kappa shape index (κ2) is 6.41. The quantitative estimate of drug-likeness (QED) is 0.667. The van der Waals surface area contributed by atoms with Crippen LogP contribution in [0.25, 0.3) is 0 Å². The Labute approximate surface area is 137 Å². The molecule has 0 radical (unpaired) electrons. The summed E-state index contributed by atoms with van der Waals surface area (Å²) in [5, 5.41) is 0.781. The zero-order valence-electron chi connectivity index (χ0n) is 12.7. The molecule has 0 spiro atoms. The number of allylic oxidation sites excluding steroid dienone is 2. The van der Waals surface area contributed by atoms with Gasteiger partial charge in [0.25, 0.3) is 0 Å². The zero-order valence-corrected chi connectivity index (χ0v) is 13.5. The van der Waals surface area contributed by atoms with Gasteiger partial charge >= 0.3 is 0 Å². The maximum absolute atomic E-state index is 6.03. The van der Waals surface area contributed by atoms with Crippen LogP contribution < -0.4 is 4.90 Å². The van der Waals surface area contributed by atoms with Crippen LogP contribution in [0.3, 0.4) is 0 Å². The molecule has 0 amide bonds. The molecule has 0 aromatic heterocycles. The standard InChI is InChI=1S/C20H20ClN/c1-3-4-5-17-14-22(19-12-6-15(2)7-13-19)20(17)16-8-10-18(21)11-9-16/h3-13,17,20H,1,14H2,2H3/b5-4+/t17-,20+/m1/s1. The van der Waals surface area contributed by atoms with E-state index in [-0.39, 0.29) is 0 Å². The maximum atomic E-state index is 6.03. The van der Waals surface area contributed by atoms with E-state index >= 15 is 0 Å². The average Bonchev–Trinajstić information content (AvgIpc) is 2.50. The molecule has 112 valence electrons. The van der Waals surface area contributed by atoms with Crippen LogP contribution in [0.5, 0.6) is 0 Å². The van der Waals surface area contributed by atoms with E-state index in [1.165, 1.54) is 16.8 Å². The minimum absolute atomic E-state index is 0.358. The van der Waals surface area contributed by atoms with Gasteiger partial charge in [0.1, 0.15) is 0 Å². The topological polar surface area (TPSA) is 3.24 Å². The Balaban J connectivity index is 1.90. The van der Waals surface area contributed by atoms with Gasteiger partial charge < -0.3 is 4.90 Å². The van der Waals surface area contributed by atoms with Gasteiger partial charge in [-0.3, -0.25) is 0 Å². The number of hydrogen-bond donors (Lipinski definition) is 0. The largest absolute Gasteiger partial charge is 0.363 e. The fraction of sp³-hybridized carbons (Fsp3) is 0.200. The number of nitrogens with zero attached hydrogens (tertiary/aromatic N) is 1. The van der Waals surface area contributed by atoms with Crippen LogP contribution in [0.1, 0.15) is 17.2 Å². The minimum Gasteiger partial charge on any atom is -0.363 e. The van der Waals surface area contributed by atoms with E-state index in [2.05, 4.69) is 60.9 Å². The van der Waals surface area contributed by atoms with E-state index in [4.69, 9.17) is 11.6 Å². The van der Waals surface area contributed by atoms with E-state index in [1.54, 1.807) is 0 Å². The van der Waals surface area contributed by atoms with Gasteiger partial charge in [-0.05, 0) is 36.8 Å². The fourth-order valence-corrected chi connectivity index (χ4v) is 3.14. The molecule has 0 bridgehead atoms. The molecular formula is C20H20ClN. The van der Waals surface area contributed by atoms with Gasteiger partial charge in [0.15, 0.2) is 0 Å². The molecule has 1 saturated heterocycles. The van der Waals surface area contributed by atoms with Crippen LogP contribution >= 0.6 is 11.6 Å². The van der Waals surface area contributed by atoms with Gasteiger partial charge in [0.2, 0.25) is 0 Å². The van der Waals surface area contributed by atoms with Gasteiger partial charge in [-0.25, -0.2) is 0 Å². The number of rotatable bonds is 4. The summed E-state index contributed by atoms with van der Waals surface area (Å²) in [5.41, 5.74) is 3.86. The first-order valence-electron chi connectivity index (χ1n) is 7.57. The highest BCUT2D eigenvalue weighted by molar-refractivity contribution is 6.30. The Morgan fingerprint density at radius 3 is 2.41 bits per heavy atom. The lowest BCUT2D eigenvalue weighted by molar-refractivity contribution is 0.362. The Kier molecular flexibility index (Phi) is 4.35. The monoisotopic (exact) mass is 309 g/mol. The lowest BCUT2D eigenvalue weighted by atomic mass is 9.82. The Morgan fingerprint density at radius 1 is 1.09 bits per heavy atom. The third kappa shape index (κ3) is 2.95. The molecule has 2 atom stereocenters. The number of halogens is 1. The summed E-state index contributed by atoms with van der Waals surface area (Å²) in [6.07, 6.45) is 6.13. The molecule has 3 rings (SSSR count). The van der Waals surface area contributed by atoms with Crippen molar-refractivity contribution in [1.82, 2.24) is 0 Å². The Hall–Kier alpha value is -1.99. The van der Waals surface area contributed by atoms with E-state index in [9.17, 15) is 0 Å². The highest BCUT2D eigenvalue weighted by Crippen LogP contribution is 2.43. The van der Waals surface area contributed by atoms with Crippen LogP contribution in [-0.2, 0) is 0 Å². The van der Waals surface area contributed by atoms with Crippen molar-refractivity contribution in [1.29, 1.82) is 0 Å². The number of aryl methyl sites for hydroxylation is 1. The maximum Gasteiger partial charge on any atom is 0.0622 e. The van der Waals surface area contributed by atoms with Crippen LogP contribution in [0, 0.1) is 12.8 Å². The van der Waals surface area contributed by atoms with Gasteiger partial charge in [0.05, 0.1) is 6.04 Å². The molecule has 1 aliphatic rings. The molecule has 0 aliphatic carbocycles. The van der Waals surface area contributed by atoms with Crippen molar-refractivity contribution in [3.05, 3.63) is 89.5 Å². The molecule has 2 heteroatoms. The molecule has 2 aromatic carbocycles. The van der Waals surface area contributed by atoms with Gasteiger partial charge in [-0.15, -0.1) is 0 Å². The highest BCUT2D eigenvalue weighted by Gasteiger charge is 2.38. The van der Waals surface area contributed by atoms with Gasteiger partial charge in [0, 0.05) is 23.2 Å². The van der Waals surface area contributed by atoms with Crippen LogP contribution in [0.2, 0.25) is 5.02 Å². The smallest absolute Gasteiger partial charge is 0.0622 e. The summed E-state index contributed by atoms with van der Waals surface area (Å²) in [6, 6.07) is 17.3. The number of anilines is 1. The lowest BCUT2D eigenvalue weighted by Crippen LogP contribution is -2.49. The molecule has 1 fully saturated rings. The van der Waals surface area contributed by atoms with Crippen molar-refractivity contribution in [2.45, 2.75) is 13.0 Å². The molecule has 22 heavy (non-hydrogen) atoms. The van der Waals surface area contributed by atoms with E-state index in [1.807, 2.05) is 24.3 Å². The normalized spacial score (nSPS) is 20.9. The second-order valence-corrected chi connectivity index (χ2v) is 6.21. The predicted octanol–water partition coefficient (Wildman–Crippen LogP) is 5.57. The predicted molar refractivity (Wildman–Crippen MR) is 95.5 cm³/mol.